The van der Waals surface area contributed by atoms with E-state index in [1.165, 1.54) is 6.20 Å². The van der Waals surface area contributed by atoms with Gasteiger partial charge in [0.25, 0.3) is 17.5 Å². The lowest BCUT2D eigenvalue weighted by atomic mass is 10.1. The molecule has 0 fully saturated rings. The molecule has 7 nitrogen and oxygen atoms in total. The second-order valence-corrected chi connectivity index (χ2v) is 6.81. The van der Waals surface area contributed by atoms with Gasteiger partial charge in [0.2, 0.25) is 0 Å². The standard InChI is InChI=1S/C21H24N4O3/c1-5-25(6-2)21(27)14-8-7-9-16(10-14)23-19(26)15-11-17-18(13(3)4)24-28-20(17)22-12-15/h7-13H,5-6H2,1-4H3,(H,23,26). The van der Waals surface area contributed by atoms with Crippen molar-refractivity contribution in [2.45, 2.75) is 33.6 Å². The number of benzene rings is 1. The van der Waals surface area contributed by atoms with Gasteiger partial charge < -0.3 is 14.7 Å². The van der Waals surface area contributed by atoms with E-state index in [9.17, 15) is 9.59 Å². The van der Waals surface area contributed by atoms with Gasteiger partial charge in [0.15, 0.2) is 0 Å². The van der Waals surface area contributed by atoms with Crippen LogP contribution in [-0.2, 0) is 0 Å². The number of anilines is 1. The second kappa shape index (κ2) is 8.21. The van der Waals surface area contributed by atoms with Gasteiger partial charge in [-0.2, -0.15) is 0 Å². The van der Waals surface area contributed by atoms with E-state index in [-0.39, 0.29) is 17.7 Å². The van der Waals surface area contributed by atoms with E-state index in [1.54, 1.807) is 35.2 Å². The molecule has 0 aliphatic heterocycles. The fourth-order valence-electron chi connectivity index (χ4n) is 3.02. The van der Waals surface area contributed by atoms with E-state index in [0.29, 0.717) is 35.6 Å². The summed E-state index contributed by atoms with van der Waals surface area (Å²) in [5.41, 5.74) is 2.67. The van der Waals surface area contributed by atoms with Gasteiger partial charge in [-0.25, -0.2) is 4.98 Å². The third-order valence-electron chi connectivity index (χ3n) is 4.58. The first-order valence-corrected chi connectivity index (χ1v) is 9.40. The number of nitrogens with zero attached hydrogens (tertiary/aromatic N) is 3. The van der Waals surface area contributed by atoms with Gasteiger partial charge in [0.1, 0.15) is 0 Å². The summed E-state index contributed by atoms with van der Waals surface area (Å²) in [5.74, 6) is -0.211. The molecule has 0 saturated heterocycles. The van der Waals surface area contributed by atoms with Gasteiger partial charge in [-0.05, 0) is 44.0 Å². The number of rotatable bonds is 6. The maximum absolute atomic E-state index is 12.7. The van der Waals surface area contributed by atoms with Crippen LogP contribution in [-0.4, -0.2) is 39.9 Å². The molecule has 2 aromatic heterocycles. The van der Waals surface area contributed by atoms with Gasteiger partial charge >= 0.3 is 0 Å². The molecular weight excluding hydrogens is 356 g/mol. The van der Waals surface area contributed by atoms with Crippen molar-refractivity contribution in [3.05, 3.63) is 53.3 Å². The zero-order valence-electron chi connectivity index (χ0n) is 16.5. The van der Waals surface area contributed by atoms with Crippen LogP contribution in [0.2, 0.25) is 0 Å². The largest absolute Gasteiger partial charge is 0.339 e. The Kier molecular flexibility index (Phi) is 5.73. The molecule has 1 aromatic carbocycles. The number of pyridine rings is 1. The summed E-state index contributed by atoms with van der Waals surface area (Å²) in [6.45, 7) is 9.15. The Morgan fingerprint density at radius 3 is 2.57 bits per heavy atom. The number of amides is 2. The fraction of sp³-hybridized carbons (Fsp3) is 0.333. The lowest BCUT2D eigenvalue weighted by Gasteiger charge is -2.19. The molecule has 0 radical (unpaired) electrons. The van der Waals surface area contributed by atoms with Crippen molar-refractivity contribution in [3.8, 4) is 0 Å². The smallest absolute Gasteiger partial charge is 0.257 e. The number of hydrogen-bond donors (Lipinski definition) is 1. The summed E-state index contributed by atoms with van der Waals surface area (Å²) < 4.78 is 5.21. The third-order valence-corrected chi connectivity index (χ3v) is 4.58. The molecule has 0 saturated carbocycles. The summed E-state index contributed by atoms with van der Waals surface area (Å²) in [7, 11) is 0. The van der Waals surface area contributed by atoms with Crippen LogP contribution in [0, 0.1) is 0 Å². The maximum atomic E-state index is 12.7. The molecule has 28 heavy (non-hydrogen) atoms. The minimum atomic E-state index is -0.308. The molecule has 0 atom stereocenters. The molecule has 0 unspecified atom stereocenters. The lowest BCUT2D eigenvalue weighted by molar-refractivity contribution is 0.0772. The molecule has 0 aliphatic rings. The van der Waals surface area contributed by atoms with Crippen molar-refractivity contribution in [1.82, 2.24) is 15.0 Å². The predicted octanol–water partition coefficient (Wildman–Crippen LogP) is 4.08. The summed E-state index contributed by atoms with van der Waals surface area (Å²) >= 11 is 0. The summed E-state index contributed by atoms with van der Waals surface area (Å²) in [6.07, 6.45) is 1.46. The molecule has 0 aliphatic carbocycles. The Morgan fingerprint density at radius 2 is 1.89 bits per heavy atom. The number of fused-ring (bicyclic) bond motifs is 1. The average molecular weight is 380 g/mol. The Morgan fingerprint density at radius 1 is 1.14 bits per heavy atom. The highest BCUT2D eigenvalue weighted by molar-refractivity contribution is 6.06. The van der Waals surface area contributed by atoms with Crippen LogP contribution in [0.25, 0.3) is 11.1 Å². The van der Waals surface area contributed by atoms with E-state index < -0.39 is 0 Å². The third kappa shape index (κ3) is 3.88. The van der Waals surface area contributed by atoms with Crippen molar-refractivity contribution in [2.75, 3.05) is 18.4 Å². The van der Waals surface area contributed by atoms with Crippen LogP contribution in [0.5, 0.6) is 0 Å². The summed E-state index contributed by atoms with van der Waals surface area (Å²) in [5, 5.41) is 7.59. The quantitative estimate of drug-likeness (QED) is 0.696. The van der Waals surface area contributed by atoms with E-state index in [1.807, 2.05) is 27.7 Å². The molecule has 0 spiro atoms. The topological polar surface area (TPSA) is 88.3 Å². The number of aromatic nitrogens is 2. The number of hydrogen-bond acceptors (Lipinski definition) is 5. The summed E-state index contributed by atoms with van der Waals surface area (Å²) in [6, 6.07) is 8.67. The van der Waals surface area contributed by atoms with E-state index in [4.69, 9.17) is 4.52 Å². The predicted molar refractivity (Wildman–Crippen MR) is 108 cm³/mol. The zero-order valence-corrected chi connectivity index (χ0v) is 16.5. The Bertz CT molecular complexity index is 1010. The number of nitrogens with one attached hydrogen (secondary N) is 1. The van der Waals surface area contributed by atoms with Crippen LogP contribution < -0.4 is 5.32 Å². The van der Waals surface area contributed by atoms with Gasteiger partial charge in [0, 0.05) is 30.5 Å². The van der Waals surface area contributed by atoms with E-state index >= 15 is 0 Å². The molecule has 2 heterocycles. The van der Waals surface area contributed by atoms with Crippen LogP contribution in [0.3, 0.4) is 0 Å². The van der Waals surface area contributed by atoms with Crippen LogP contribution in [0.1, 0.15) is 60.0 Å². The second-order valence-electron chi connectivity index (χ2n) is 6.81. The van der Waals surface area contributed by atoms with Crippen molar-refractivity contribution in [3.63, 3.8) is 0 Å². The summed E-state index contributed by atoms with van der Waals surface area (Å²) in [4.78, 5) is 31.1. The van der Waals surface area contributed by atoms with Gasteiger partial charge in [-0.1, -0.05) is 25.1 Å². The van der Waals surface area contributed by atoms with Gasteiger partial charge in [0.05, 0.1) is 16.6 Å². The lowest BCUT2D eigenvalue weighted by Crippen LogP contribution is -2.30. The monoisotopic (exact) mass is 380 g/mol. The zero-order chi connectivity index (χ0) is 20.3. The first-order valence-electron chi connectivity index (χ1n) is 9.40. The molecule has 7 heteroatoms. The Balaban J connectivity index is 1.83. The van der Waals surface area contributed by atoms with Crippen molar-refractivity contribution >= 4 is 28.6 Å². The molecular formula is C21H24N4O3. The van der Waals surface area contributed by atoms with Crippen LogP contribution in [0.4, 0.5) is 5.69 Å². The number of carbonyl (C=O) groups is 2. The van der Waals surface area contributed by atoms with Crippen molar-refractivity contribution in [2.24, 2.45) is 0 Å². The van der Waals surface area contributed by atoms with Gasteiger partial charge in [-0.15, -0.1) is 0 Å². The molecule has 3 rings (SSSR count). The minimum Gasteiger partial charge on any atom is -0.339 e. The first-order chi connectivity index (χ1) is 13.4. The van der Waals surface area contributed by atoms with Crippen molar-refractivity contribution < 1.29 is 14.1 Å². The van der Waals surface area contributed by atoms with Crippen LogP contribution in [0.15, 0.2) is 41.1 Å². The normalized spacial score (nSPS) is 11.0. The highest BCUT2D eigenvalue weighted by atomic mass is 16.5. The fourth-order valence-corrected chi connectivity index (χ4v) is 3.02. The average Bonchev–Trinajstić information content (AvgIpc) is 3.12. The van der Waals surface area contributed by atoms with Crippen LogP contribution >= 0.6 is 0 Å². The SMILES string of the molecule is CCN(CC)C(=O)c1cccc(NC(=O)c2cnc3onc(C(C)C)c3c2)c1. The molecule has 0 bridgehead atoms. The Labute approximate surface area is 163 Å². The molecule has 146 valence electrons. The van der Waals surface area contributed by atoms with Gasteiger partial charge in [-0.3, -0.25) is 9.59 Å². The van der Waals surface area contributed by atoms with E-state index in [0.717, 1.165) is 11.1 Å². The minimum absolute atomic E-state index is 0.0600. The Hall–Kier alpha value is -3.22. The first kappa shape index (κ1) is 19.5. The maximum Gasteiger partial charge on any atom is 0.257 e. The van der Waals surface area contributed by atoms with Crippen molar-refractivity contribution in [1.29, 1.82) is 0 Å². The highest BCUT2D eigenvalue weighted by Gasteiger charge is 2.17. The number of carbonyl (C=O) groups excluding carboxylic acids is 2. The van der Waals surface area contributed by atoms with E-state index in [2.05, 4.69) is 15.5 Å². The molecule has 3 aromatic rings. The molecule has 2 amide bonds. The molecule has 1 N–H and O–H groups in total. The highest BCUT2D eigenvalue weighted by Crippen LogP contribution is 2.24.